The van der Waals surface area contributed by atoms with Gasteiger partial charge in [0, 0.05) is 17.6 Å². The third-order valence-electron chi connectivity index (χ3n) is 3.11. The summed E-state index contributed by atoms with van der Waals surface area (Å²) in [5, 5.41) is 1.12. The number of pyridine rings is 1. The molecule has 0 saturated carbocycles. The SMILES string of the molecule is COc1ccc2c(C)cc3nc(C=O)cn3c2c1. The van der Waals surface area contributed by atoms with Crippen molar-refractivity contribution in [3.8, 4) is 5.75 Å². The number of ether oxygens (including phenoxy) is 1. The molecule has 0 fully saturated rings. The smallest absolute Gasteiger partial charge is 0.170 e. The predicted molar refractivity (Wildman–Crippen MR) is 69.4 cm³/mol. The second-order valence-corrected chi connectivity index (χ2v) is 4.22. The molecule has 2 aromatic heterocycles. The van der Waals surface area contributed by atoms with Crippen LogP contribution in [-0.2, 0) is 0 Å². The van der Waals surface area contributed by atoms with Crippen LogP contribution in [0.4, 0.5) is 0 Å². The Bertz CT molecular complexity index is 759. The summed E-state index contributed by atoms with van der Waals surface area (Å²) in [6, 6.07) is 7.87. The maximum atomic E-state index is 10.8. The van der Waals surface area contributed by atoms with Crippen LogP contribution in [-0.4, -0.2) is 22.8 Å². The first kappa shape index (κ1) is 10.8. The first-order valence-electron chi connectivity index (χ1n) is 5.64. The lowest BCUT2D eigenvalue weighted by Gasteiger charge is -2.07. The van der Waals surface area contributed by atoms with Crippen molar-refractivity contribution in [2.45, 2.75) is 6.92 Å². The summed E-state index contributed by atoms with van der Waals surface area (Å²) < 4.78 is 7.15. The fraction of sp³-hybridized carbons (Fsp3) is 0.143. The number of aldehydes is 1. The molecule has 3 aromatic rings. The van der Waals surface area contributed by atoms with Gasteiger partial charge in [0.1, 0.15) is 17.1 Å². The van der Waals surface area contributed by atoms with Gasteiger partial charge in [0.2, 0.25) is 0 Å². The third kappa shape index (κ3) is 1.46. The summed E-state index contributed by atoms with van der Waals surface area (Å²) in [7, 11) is 1.64. The second kappa shape index (κ2) is 3.84. The van der Waals surface area contributed by atoms with Crippen LogP contribution in [0.1, 0.15) is 16.1 Å². The molecule has 0 spiro atoms. The van der Waals surface area contributed by atoms with Crippen molar-refractivity contribution in [2.75, 3.05) is 7.11 Å². The molecular weight excluding hydrogens is 228 g/mol. The van der Waals surface area contributed by atoms with E-state index in [0.717, 1.165) is 34.1 Å². The number of aromatic nitrogens is 2. The van der Waals surface area contributed by atoms with E-state index in [0.29, 0.717) is 5.69 Å². The van der Waals surface area contributed by atoms with Crippen molar-refractivity contribution < 1.29 is 9.53 Å². The Morgan fingerprint density at radius 2 is 2.17 bits per heavy atom. The van der Waals surface area contributed by atoms with Crippen LogP contribution in [0.25, 0.3) is 16.6 Å². The van der Waals surface area contributed by atoms with Crippen LogP contribution in [0.15, 0.2) is 30.5 Å². The minimum absolute atomic E-state index is 0.435. The van der Waals surface area contributed by atoms with Crippen LogP contribution in [0.5, 0.6) is 5.75 Å². The van der Waals surface area contributed by atoms with Gasteiger partial charge >= 0.3 is 0 Å². The van der Waals surface area contributed by atoms with E-state index in [-0.39, 0.29) is 0 Å². The first-order chi connectivity index (χ1) is 8.72. The molecule has 4 heteroatoms. The predicted octanol–water partition coefficient (Wildman–Crippen LogP) is 2.62. The first-order valence-corrected chi connectivity index (χ1v) is 5.64. The molecule has 0 unspecified atom stereocenters. The number of carbonyl (C=O) groups is 1. The fourth-order valence-corrected chi connectivity index (χ4v) is 2.21. The van der Waals surface area contributed by atoms with E-state index in [2.05, 4.69) is 4.98 Å². The van der Waals surface area contributed by atoms with E-state index in [1.807, 2.05) is 35.6 Å². The highest BCUT2D eigenvalue weighted by Gasteiger charge is 2.08. The van der Waals surface area contributed by atoms with Gasteiger partial charge in [-0.3, -0.25) is 9.20 Å². The molecule has 0 saturated heterocycles. The van der Waals surface area contributed by atoms with Crippen LogP contribution in [0.2, 0.25) is 0 Å². The monoisotopic (exact) mass is 240 g/mol. The zero-order valence-electron chi connectivity index (χ0n) is 10.2. The second-order valence-electron chi connectivity index (χ2n) is 4.22. The number of carbonyl (C=O) groups excluding carboxylic acids is 1. The molecule has 0 N–H and O–H groups in total. The number of aryl methyl sites for hydroxylation is 1. The number of methoxy groups -OCH3 is 1. The quantitative estimate of drug-likeness (QED) is 0.647. The maximum Gasteiger partial charge on any atom is 0.170 e. The summed E-state index contributed by atoms with van der Waals surface area (Å²) in [6.07, 6.45) is 2.50. The molecule has 4 nitrogen and oxygen atoms in total. The van der Waals surface area contributed by atoms with Gasteiger partial charge in [0.25, 0.3) is 0 Å². The van der Waals surface area contributed by atoms with Gasteiger partial charge in [-0.25, -0.2) is 4.98 Å². The van der Waals surface area contributed by atoms with Crippen molar-refractivity contribution in [1.29, 1.82) is 0 Å². The summed E-state index contributed by atoms with van der Waals surface area (Å²) in [5.41, 5.74) is 3.33. The van der Waals surface area contributed by atoms with Gasteiger partial charge in [-0.05, 0) is 30.7 Å². The van der Waals surface area contributed by atoms with Crippen molar-refractivity contribution in [1.82, 2.24) is 9.38 Å². The summed E-state index contributed by atoms with van der Waals surface area (Å²) in [5.74, 6) is 0.788. The Morgan fingerprint density at radius 1 is 1.33 bits per heavy atom. The standard InChI is InChI=1S/C14H12N2O2/c1-9-5-14-15-10(8-17)7-16(14)13-6-11(18-2)3-4-12(9)13/h3-8H,1-2H3. The van der Waals surface area contributed by atoms with E-state index >= 15 is 0 Å². The van der Waals surface area contributed by atoms with Crippen molar-refractivity contribution in [3.63, 3.8) is 0 Å². The topological polar surface area (TPSA) is 43.6 Å². The van der Waals surface area contributed by atoms with Crippen molar-refractivity contribution >= 4 is 22.8 Å². The van der Waals surface area contributed by atoms with E-state index in [1.54, 1.807) is 13.3 Å². The number of hydrogen-bond acceptors (Lipinski definition) is 3. The molecule has 90 valence electrons. The number of benzene rings is 1. The minimum atomic E-state index is 0.435. The lowest BCUT2D eigenvalue weighted by atomic mass is 10.1. The molecule has 0 radical (unpaired) electrons. The number of fused-ring (bicyclic) bond motifs is 3. The molecule has 0 amide bonds. The highest BCUT2D eigenvalue weighted by atomic mass is 16.5. The highest BCUT2D eigenvalue weighted by molar-refractivity contribution is 5.87. The van der Waals surface area contributed by atoms with Crippen LogP contribution in [0.3, 0.4) is 0 Å². The summed E-state index contributed by atoms with van der Waals surface area (Å²) in [4.78, 5) is 15.1. The molecule has 0 bridgehead atoms. The number of nitrogens with zero attached hydrogens (tertiary/aromatic N) is 2. The van der Waals surface area contributed by atoms with E-state index in [1.165, 1.54) is 0 Å². The Balaban J connectivity index is 2.48. The van der Waals surface area contributed by atoms with Gasteiger partial charge in [0.05, 0.1) is 12.6 Å². The Labute approximate surface area is 104 Å². The zero-order chi connectivity index (χ0) is 12.7. The maximum absolute atomic E-state index is 10.8. The van der Waals surface area contributed by atoms with Gasteiger partial charge in [-0.15, -0.1) is 0 Å². The van der Waals surface area contributed by atoms with Crippen LogP contribution >= 0.6 is 0 Å². The van der Waals surface area contributed by atoms with E-state index in [4.69, 9.17) is 4.74 Å². The van der Waals surface area contributed by atoms with Crippen LogP contribution < -0.4 is 4.74 Å². The van der Waals surface area contributed by atoms with Crippen molar-refractivity contribution in [2.24, 2.45) is 0 Å². The van der Waals surface area contributed by atoms with Gasteiger partial charge in [0.15, 0.2) is 6.29 Å². The molecule has 3 rings (SSSR count). The third-order valence-corrected chi connectivity index (χ3v) is 3.11. The molecule has 0 aliphatic carbocycles. The molecule has 18 heavy (non-hydrogen) atoms. The van der Waals surface area contributed by atoms with Gasteiger partial charge in [-0.2, -0.15) is 0 Å². The lowest BCUT2D eigenvalue weighted by Crippen LogP contribution is -1.91. The number of rotatable bonds is 2. The highest BCUT2D eigenvalue weighted by Crippen LogP contribution is 2.25. The number of hydrogen-bond donors (Lipinski definition) is 0. The fourth-order valence-electron chi connectivity index (χ4n) is 2.21. The lowest BCUT2D eigenvalue weighted by molar-refractivity contribution is 0.111. The Kier molecular flexibility index (Phi) is 2.30. The van der Waals surface area contributed by atoms with Crippen molar-refractivity contribution in [3.05, 3.63) is 41.7 Å². The molecule has 2 heterocycles. The molecule has 0 aliphatic heterocycles. The Hall–Kier alpha value is -2.36. The van der Waals surface area contributed by atoms with Gasteiger partial charge in [-0.1, -0.05) is 0 Å². The minimum Gasteiger partial charge on any atom is -0.497 e. The van der Waals surface area contributed by atoms with E-state index < -0.39 is 0 Å². The molecule has 1 aromatic carbocycles. The molecule has 0 atom stereocenters. The molecular formula is C14H12N2O2. The number of imidazole rings is 1. The zero-order valence-corrected chi connectivity index (χ0v) is 10.2. The average molecular weight is 240 g/mol. The average Bonchev–Trinajstić information content (AvgIpc) is 2.81. The normalized spacial score (nSPS) is 11.0. The van der Waals surface area contributed by atoms with E-state index in [9.17, 15) is 4.79 Å². The van der Waals surface area contributed by atoms with Crippen LogP contribution in [0, 0.1) is 6.92 Å². The Morgan fingerprint density at radius 3 is 2.89 bits per heavy atom. The van der Waals surface area contributed by atoms with Gasteiger partial charge < -0.3 is 4.74 Å². The largest absolute Gasteiger partial charge is 0.497 e. The summed E-state index contributed by atoms with van der Waals surface area (Å²) in [6.45, 7) is 2.03. The molecule has 0 aliphatic rings. The summed E-state index contributed by atoms with van der Waals surface area (Å²) >= 11 is 0.